The van der Waals surface area contributed by atoms with Crippen molar-refractivity contribution in [3.05, 3.63) is 0 Å². The fraction of sp³-hybridized carbons (Fsp3) is 0.818. The first-order valence-electron chi connectivity index (χ1n) is 5.36. The molecule has 0 amide bonds. The van der Waals surface area contributed by atoms with E-state index in [0.29, 0.717) is 29.9 Å². The highest BCUT2D eigenvalue weighted by molar-refractivity contribution is 7.85. The number of rotatable bonds is 5. The van der Waals surface area contributed by atoms with Gasteiger partial charge in [0.25, 0.3) is 0 Å². The summed E-state index contributed by atoms with van der Waals surface area (Å²) < 4.78 is 31.9. The van der Waals surface area contributed by atoms with Gasteiger partial charge in [-0.1, -0.05) is 19.8 Å². The van der Waals surface area contributed by atoms with E-state index in [2.05, 4.69) is 11.8 Å². The van der Waals surface area contributed by atoms with Crippen LogP contribution in [0.25, 0.3) is 0 Å². The maximum Gasteiger partial charge on any atom is 0.140 e. The first-order valence-corrected chi connectivity index (χ1v) is 6.94. The van der Waals surface area contributed by atoms with Gasteiger partial charge >= 0.3 is 0 Å². The SMILES string of the molecule is CC(C)C#CC[N+](C)(C)CCCS(=O)(=O)[O-]. The van der Waals surface area contributed by atoms with Crippen LogP contribution in [0.3, 0.4) is 0 Å². The third-order valence-corrected chi connectivity index (χ3v) is 2.84. The van der Waals surface area contributed by atoms with Crippen LogP contribution in [0, 0.1) is 17.8 Å². The van der Waals surface area contributed by atoms with Gasteiger partial charge in [0.1, 0.15) is 6.54 Å². The molecule has 0 saturated heterocycles. The molecular weight excluding hydrogens is 226 g/mol. The molecule has 0 unspecified atom stereocenters. The van der Waals surface area contributed by atoms with Crippen molar-refractivity contribution < 1.29 is 17.5 Å². The molecular formula is C11H21NO3S. The first-order chi connectivity index (χ1) is 7.12. The summed E-state index contributed by atoms with van der Waals surface area (Å²) in [5.74, 6) is 6.19. The lowest BCUT2D eigenvalue weighted by Crippen LogP contribution is -2.41. The average Bonchev–Trinajstić information content (AvgIpc) is 1.99. The van der Waals surface area contributed by atoms with E-state index >= 15 is 0 Å². The highest BCUT2D eigenvalue weighted by Gasteiger charge is 2.13. The van der Waals surface area contributed by atoms with Gasteiger partial charge < -0.3 is 9.04 Å². The van der Waals surface area contributed by atoms with E-state index in [1.165, 1.54) is 0 Å². The minimum atomic E-state index is -4.08. The molecule has 94 valence electrons. The predicted molar refractivity (Wildman–Crippen MR) is 63.6 cm³/mol. The minimum absolute atomic E-state index is 0.285. The Hall–Kier alpha value is -0.570. The van der Waals surface area contributed by atoms with E-state index in [9.17, 15) is 13.0 Å². The molecule has 0 rings (SSSR count). The molecule has 16 heavy (non-hydrogen) atoms. The second-order valence-electron chi connectivity index (χ2n) is 4.91. The van der Waals surface area contributed by atoms with Crippen molar-refractivity contribution in [2.75, 3.05) is 32.9 Å². The van der Waals surface area contributed by atoms with Crippen LogP contribution in [0.5, 0.6) is 0 Å². The van der Waals surface area contributed by atoms with Crippen LogP contribution >= 0.6 is 0 Å². The summed E-state index contributed by atoms with van der Waals surface area (Å²) in [4.78, 5) is 0. The third-order valence-electron chi connectivity index (χ3n) is 2.06. The van der Waals surface area contributed by atoms with E-state index in [1.54, 1.807) is 0 Å². The van der Waals surface area contributed by atoms with E-state index in [1.807, 2.05) is 27.9 Å². The van der Waals surface area contributed by atoms with Crippen molar-refractivity contribution in [1.82, 2.24) is 0 Å². The maximum absolute atomic E-state index is 10.4. The van der Waals surface area contributed by atoms with Gasteiger partial charge in [-0.25, -0.2) is 8.42 Å². The number of hydrogen-bond acceptors (Lipinski definition) is 3. The molecule has 0 aliphatic carbocycles. The van der Waals surface area contributed by atoms with Gasteiger partial charge in [0.2, 0.25) is 0 Å². The molecule has 5 heteroatoms. The molecule has 0 aromatic rings. The normalized spacial score (nSPS) is 12.4. The van der Waals surface area contributed by atoms with Crippen molar-refractivity contribution in [2.24, 2.45) is 5.92 Å². The van der Waals surface area contributed by atoms with Crippen LogP contribution in [-0.4, -0.2) is 50.4 Å². The smallest absolute Gasteiger partial charge is 0.140 e. The lowest BCUT2D eigenvalue weighted by atomic mass is 10.2. The molecule has 0 N–H and O–H groups in total. The highest BCUT2D eigenvalue weighted by Crippen LogP contribution is 2.00. The van der Waals surface area contributed by atoms with Gasteiger partial charge in [-0.3, -0.25) is 0 Å². The van der Waals surface area contributed by atoms with Crippen LogP contribution in [-0.2, 0) is 10.1 Å². The molecule has 0 aliphatic heterocycles. The summed E-state index contributed by atoms with van der Waals surface area (Å²) in [6.45, 7) is 5.37. The van der Waals surface area contributed by atoms with Crippen LogP contribution in [0.15, 0.2) is 0 Å². The zero-order valence-electron chi connectivity index (χ0n) is 10.5. The fourth-order valence-corrected chi connectivity index (χ4v) is 1.69. The second kappa shape index (κ2) is 6.24. The predicted octanol–water partition coefficient (Wildman–Crippen LogP) is 0.657. The van der Waals surface area contributed by atoms with Gasteiger partial charge in [0.05, 0.1) is 30.8 Å². The van der Waals surface area contributed by atoms with Gasteiger partial charge in [-0.2, -0.15) is 0 Å². The summed E-state index contributed by atoms with van der Waals surface area (Å²) in [5.41, 5.74) is 0. The highest BCUT2D eigenvalue weighted by atomic mass is 32.2. The van der Waals surface area contributed by atoms with Gasteiger partial charge in [0, 0.05) is 18.1 Å². The molecule has 0 atom stereocenters. The molecule has 0 aromatic carbocycles. The maximum atomic E-state index is 10.4. The summed E-state index contributed by atoms with van der Waals surface area (Å²) in [6.07, 6.45) is 0.391. The minimum Gasteiger partial charge on any atom is -0.748 e. The Balaban J connectivity index is 4.03. The van der Waals surface area contributed by atoms with Crippen molar-refractivity contribution in [2.45, 2.75) is 20.3 Å². The Morgan fingerprint density at radius 1 is 1.31 bits per heavy atom. The molecule has 0 heterocycles. The second-order valence-corrected chi connectivity index (χ2v) is 6.43. The van der Waals surface area contributed by atoms with Gasteiger partial charge in [0.15, 0.2) is 0 Å². The zero-order valence-corrected chi connectivity index (χ0v) is 11.3. The van der Waals surface area contributed by atoms with E-state index in [-0.39, 0.29) is 5.75 Å². The summed E-state index contributed by atoms with van der Waals surface area (Å²) in [5, 5.41) is 0. The van der Waals surface area contributed by atoms with E-state index < -0.39 is 10.1 Å². The average molecular weight is 247 g/mol. The Kier molecular flexibility index (Phi) is 6.01. The quantitative estimate of drug-likeness (QED) is 0.407. The lowest BCUT2D eigenvalue weighted by Gasteiger charge is -2.27. The zero-order chi connectivity index (χ0) is 12.8. The monoisotopic (exact) mass is 247 g/mol. The Bertz CT molecular complexity index is 360. The molecule has 0 aliphatic rings. The Morgan fingerprint density at radius 2 is 1.88 bits per heavy atom. The molecule has 0 saturated carbocycles. The van der Waals surface area contributed by atoms with Gasteiger partial charge in [-0.05, 0) is 5.92 Å². The fourth-order valence-electron chi connectivity index (χ4n) is 1.21. The third kappa shape index (κ3) is 9.97. The summed E-state index contributed by atoms with van der Waals surface area (Å²) in [6, 6.07) is 0. The molecule has 0 fully saturated rings. The molecule has 0 spiro atoms. The summed E-state index contributed by atoms with van der Waals surface area (Å²) in [7, 11) is -0.119. The van der Waals surface area contributed by atoms with Crippen molar-refractivity contribution in [1.29, 1.82) is 0 Å². The summed E-state index contributed by atoms with van der Waals surface area (Å²) >= 11 is 0. The largest absolute Gasteiger partial charge is 0.748 e. The van der Waals surface area contributed by atoms with E-state index in [0.717, 1.165) is 0 Å². The van der Waals surface area contributed by atoms with Crippen LogP contribution in [0.4, 0.5) is 0 Å². The first kappa shape index (κ1) is 15.4. The standard InChI is InChI=1S/C11H21NO3S/c1-11(2)7-5-8-12(3,4)9-6-10-16(13,14)15/h11H,6,8-10H2,1-4H3. The van der Waals surface area contributed by atoms with Crippen LogP contribution in [0.2, 0.25) is 0 Å². The lowest BCUT2D eigenvalue weighted by molar-refractivity contribution is -0.883. The van der Waals surface area contributed by atoms with Gasteiger partial charge in [-0.15, -0.1) is 0 Å². The number of hydrogen-bond donors (Lipinski definition) is 0. The molecule has 0 bridgehead atoms. The van der Waals surface area contributed by atoms with E-state index in [4.69, 9.17) is 0 Å². The number of nitrogens with zero attached hydrogens (tertiary/aromatic N) is 1. The Morgan fingerprint density at radius 3 is 2.31 bits per heavy atom. The van der Waals surface area contributed by atoms with Crippen molar-refractivity contribution >= 4 is 10.1 Å². The van der Waals surface area contributed by atoms with Crippen LogP contribution < -0.4 is 0 Å². The van der Waals surface area contributed by atoms with Crippen molar-refractivity contribution in [3.8, 4) is 11.8 Å². The number of quaternary nitrogens is 1. The Labute approximate surface area is 99.0 Å². The molecule has 0 aromatic heterocycles. The van der Waals surface area contributed by atoms with Crippen LogP contribution in [0.1, 0.15) is 20.3 Å². The molecule has 0 radical (unpaired) electrons. The topological polar surface area (TPSA) is 57.2 Å². The molecule has 4 nitrogen and oxygen atoms in total. The van der Waals surface area contributed by atoms with Crippen molar-refractivity contribution in [3.63, 3.8) is 0 Å².